The van der Waals surface area contributed by atoms with E-state index in [-0.39, 0.29) is 5.56 Å². The third kappa shape index (κ3) is 1.69. The average molecular weight is 187 g/mol. The Balaban J connectivity index is 2.55. The highest BCUT2D eigenvalue weighted by Crippen LogP contribution is 2.15. The molecule has 0 aromatic carbocycles. The number of hydrogen-bond acceptors (Lipinski definition) is 3. The van der Waals surface area contributed by atoms with Crippen LogP contribution >= 0.6 is 0 Å². The van der Waals surface area contributed by atoms with Crippen molar-refractivity contribution in [2.75, 3.05) is 0 Å². The van der Waals surface area contributed by atoms with Crippen LogP contribution in [0.2, 0.25) is 0 Å². The molecule has 4 nitrogen and oxygen atoms in total. The minimum atomic E-state index is -0.197. The van der Waals surface area contributed by atoms with Crippen LogP contribution in [0.5, 0.6) is 0 Å². The van der Waals surface area contributed by atoms with Crippen LogP contribution < -0.4 is 5.56 Å². The Bertz CT molecular complexity index is 504. The zero-order valence-corrected chi connectivity index (χ0v) is 7.69. The maximum absolute atomic E-state index is 11.0. The highest BCUT2D eigenvalue weighted by atomic mass is 16.1. The van der Waals surface area contributed by atoms with Crippen molar-refractivity contribution in [1.82, 2.24) is 15.2 Å². The van der Waals surface area contributed by atoms with E-state index in [9.17, 15) is 4.79 Å². The summed E-state index contributed by atoms with van der Waals surface area (Å²) >= 11 is 0. The molecule has 1 N–H and O–H groups in total. The van der Waals surface area contributed by atoms with Gasteiger partial charge in [0, 0.05) is 23.5 Å². The van der Waals surface area contributed by atoms with Crippen molar-refractivity contribution in [2.24, 2.45) is 0 Å². The second-order valence-electron chi connectivity index (χ2n) is 3.02. The molecule has 0 radical (unpaired) electrons. The van der Waals surface area contributed by atoms with Crippen molar-refractivity contribution in [2.45, 2.75) is 6.92 Å². The minimum absolute atomic E-state index is 0.197. The van der Waals surface area contributed by atoms with Gasteiger partial charge in [0.2, 0.25) is 0 Å². The molecule has 2 heterocycles. The van der Waals surface area contributed by atoms with E-state index in [1.165, 1.54) is 6.07 Å². The standard InChI is InChI=1S/C10H9N3O/c1-7-4-8(2-3-11-7)9-5-10(14)13-12-6-9/h2-6H,1H3,(H,13,14). The van der Waals surface area contributed by atoms with Gasteiger partial charge in [-0.15, -0.1) is 0 Å². The van der Waals surface area contributed by atoms with Crippen LogP contribution in [-0.2, 0) is 0 Å². The predicted molar refractivity (Wildman–Crippen MR) is 52.8 cm³/mol. The molecule has 0 bridgehead atoms. The molecule has 0 aliphatic heterocycles. The van der Waals surface area contributed by atoms with E-state index in [2.05, 4.69) is 15.2 Å². The first-order valence-electron chi connectivity index (χ1n) is 4.23. The zero-order valence-electron chi connectivity index (χ0n) is 7.69. The van der Waals surface area contributed by atoms with Gasteiger partial charge in [-0.1, -0.05) is 0 Å². The Morgan fingerprint density at radius 3 is 2.86 bits per heavy atom. The van der Waals surface area contributed by atoms with Gasteiger partial charge in [-0.05, 0) is 24.6 Å². The molecule has 0 amide bonds. The summed E-state index contributed by atoms with van der Waals surface area (Å²) in [6.07, 6.45) is 3.34. The number of nitrogens with zero attached hydrogens (tertiary/aromatic N) is 2. The maximum atomic E-state index is 11.0. The van der Waals surface area contributed by atoms with Gasteiger partial charge in [-0.3, -0.25) is 9.78 Å². The number of nitrogens with one attached hydrogen (secondary N) is 1. The molecular weight excluding hydrogens is 178 g/mol. The average Bonchev–Trinajstić information content (AvgIpc) is 2.18. The number of rotatable bonds is 1. The van der Waals surface area contributed by atoms with Crippen molar-refractivity contribution >= 4 is 0 Å². The van der Waals surface area contributed by atoms with Crippen LogP contribution in [0, 0.1) is 6.92 Å². The van der Waals surface area contributed by atoms with Gasteiger partial charge < -0.3 is 0 Å². The molecule has 0 unspecified atom stereocenters. The van der Waals surface area contributed by atoms with Gasteiger partial charge in [0.05, 0.1) is 6.20 Å². The number of aromatic amines is 1. The summed E-state index contributed by atoms with van der Waals surface area (Å²) in [4.78, 5) is 15.1. The lowest BCUT2D eigenvalue weighted by Crippen LogP contribution is -2.05. The molecule has 0 aliphatic carbocycles. The molecule has 2 aromatic heterocycles. The maximum Gasteiger partial charge on any atom is 0.264 e. The van der Waals surface area contributed by atoms with E-state index < -0.39 is 0 Å². The molecule has 70 valence electrons. The number of aromatic nitrogens is 3. The SMILES string of the molecule is Cc1cc(-c2cn[nH]c(=O)c2)ccn1. The van der Waals surface area contributed by atoms with E-state index in [0.717, 1.165) is 16.8 Å². The summed E-state index contributed by atoms with van der Waals surface area (Å²) in [6.45, 7) is 1.91. The van der Waals surface area contributed by atoms with Crippen LogP contribution in [0.25, 0.3) is 11.1 Å². The second-order valence-corrected chi connectivity index (χ2v) is 3.02. The van der Waals surface area contributed by atoms with E-state index in [1.54, 1.807) is 12.4 Å². The third-order valence-corrected chi connectivity index (χ3v) is 1.89. The van der Waals surface area contributed by atoms with Gasteiger partial charge in [-0.25, -0.2) is 5.10 Å². The molecule has 0 spiro atoms. The summed E-state index contributed by atoms with van der Waals surface area (Å²) in [5.41, 5.74) is 2.48. The third-order valence-electron chi connectivity index (χ3n) is 1.89. The van der Waals surface area contributed by atoms with Crippen LogP contribution in [0.1, 0.15) is 5.69 Å². The van der Waals surface area contributed by atoms with Crippen LogP contribution in [0.3, 0.4) is 0 Å². The molecule has 0 saturated carbocycles. The van der Waals surface area contributed by atoms with Crippen molar-refractivity contribution in [3.8, 4) is 11.1 Å². The summed E-state index contributed by atoms with van der Waals surface area (Å²) in [6, 6.07) is 5.28. The Kier molecular flexibility index (Phi) is 2.10. The number of hydrogen-bond donors (Lipinski definition) is 1. The Labute approximate surface area is 80.6 Å². The number of H-pyrrole nitrogens is 1. The van der Waals surface area contributed by atoms with Gasteiger partial charge in [0.1, 0.15) is 0 Å². The number of pyridine rings is 1. The molecule has 0 atom stereocenters. The van der Waals surface area contributed by atoms with Crippen molar-refractivity contribution in [3.05, 3.63) is 46.6 Å². The molecule has 14 heavy (non-hydrogen) atoms. The zero-order chi connectivity index (χ0) is 9.97. The Hall–Kier alpha value is -1.97. The lowest BCUT2D eigenvalue weighted by molar-refractivity contribution is 0.990. The summed E-state index contributed by atoms with van der Waals surface area (Å²) < 4.78 is 0. The van der Waals surface area contributed by atoms with Gasteiger partial charge in [-0.2, -0.15) is 5.10 Å². The van der Waals surface area contributed by atoms with Gasteiger partial charge >= 0.3 is 0 Å². The van der Waals surface area contributed by atoms with Crippen molar-refractivity contribution in [1.29, 1.82) is 0 Å². The van der Waals surface area contributed by atoms with Gasteiger partial charge in [0.15, 0.2) is 0 Å². The lowest BCUT2D eigenvalue weighted by atomic mass is 10.1. The molecule has 2 aromatic rings. The highest BCUT2D eigenvalue weighted by Gasteiger charge is 1.98. The fraction of sp³-hybridized carbons (Fsp3) is 0.100. The van der Waals surface area contributed by atoms with Crippen LogP contribution in [0.4, 0.5) is 0 Å². The molecule has 2 rings (SSSR count). The molecule has 0 saturated heterocycles. The second kappa shape index (κ2) is 3.41. The summed E-state index contributed by atoms with van der Waals surface area (Å²) in [7, 11) is 0. The first-order chi connectivity index (χ1) is 6.75. The normalized spacial score (nSPS) is 10.1. The highest BCUT2D eigenvalue weighted by molar-refractivity contribution is 5.61. The largest absolute Gasteiger partial charge is 0.268 e. The molecule has 0 fully saturated rings. The minimum Gasteiger partial charge on any atom is -0.268 e. The van der Waals surface area contributed by atoms with Crippen LogP contribution in [0.15, 0.2) is 35.4 Å². The summed E-state index contributed by atoms with van der Waals surface area (Å²) in [5.74, 6) is 0. The number of aryl methyl sites for hydroxylation is 1. The molecule has 4 heteroatoms. The first kappa shape index (κ1) is 8.62. The smallest absolute Gasteiger partial charge is 0.264 e. The van der Waals surface area contributed by atoms with Crippen LogP contribution in [-0.4, -0.2) is 15.2 Å². The van der Waals surface area contributed by atoms with E-state index in [0.29, 0.717) is 0 Å². The predicted octanol–water partition coefficient (Wildman–Crippen LogP) is 1.14. The lowest BCUT2D eigenvalue weighted by Gasteiger charge is -1.99. The first-order valence-corrected chi connectivity index (χ1v) is 4.23. The Morgan fingerprint density at radius 2 is 2.14 bits per heavy atom. The fourth-order valence-corrected chi connectivity index (χ4v) is 1.26. The quantitative estimate of drug-likeness (QED) is 0.728. The van der Waals surface area contributed by atoms with Gasteiger partial charge in [0.25, 0.3) is 5.56 Å². The molecular formula is C10H9N3O. The monoisotopic (exact) mass is 187 g/mol. The van der Waals surface area contributed by atoms with E-state index in [4.69, 9.17) is 0 Å². The topological polar surface area (TPSA) is 58.6 Å². The fourth-order valence-electron chi connectivity index (χ4n) is 1.26. The van der Waals surface area contributed by atoms with E-state index in [1.807, 2.05) is 19.1 Å². The van der Waals surface area contributed by atoms with E-state index >= 15 is 0 Å². The van der Waals surface area contributed by atoms with Crippen molar-refractivity contribution < 1.29 is 0 Å². The molecule has 0 aliphatic rings. The Morgan fingerprint density at radius 1 is 1.29 bits per heavy atom. The van der Waals surface area contributed by atoms with Crippen molar-refractivity contribution in [3.63, 3.8) is 0 Å². The summed E-state index contributed by atoms with van der Waals surface area (Å²) in [5, 5.41) is 6.07.